The Morgan fingerprint density at radius 1 is 1.08 bits per heavy atom. The second kappa shape index (κ2) is 9.65. The minimum Gasteiger partial charge on any atom is -0.341 e. The summed E-state index contributed by atoms with van der Waals surface area (Å²) in [5, 5.41) is 3.82. The maximum Gasteiger partial charge on any atom is 0.225 e. The summed E-state index contributed by atoms with van der Waals surface area (Å²) in [6.07, 6.45) is 11.1. The van der Waals surface area contributed by atoms with Gasteiger partial charge in [0.05, 0.1) is 0 Å². The molecular formula is C21H37N5. The molecule has 2 saturated heterocycles. The first-order valence-electron chi connectivity index (χ1n) is 10.7. The van der Waals surface area contributed by atoms with E-state index in [9.17, 15) is 0 Å². The lowest BCUT2D eigenvalue weighted by atomic mass is 10.0. The first-order valence-corrected chi connectivity index (χ1v) is 10.7. The fraction of sp³-hybridized carbons (Fsp3) is 0.810. The van der Waals surface area contributed by atoms with Gasteiger partial charge in [0.2, 0.25) is 5.95 Å². The Bertz CT molecular complexity index is 545. The van der Waals surface area contributed by atoms with Gasteiger partial charge in [-0.05, 0) is 59.2 Å². The monoisotopic (exact) mass is 359 g/mol. The van der Waals surface area contributed by atoms with Crippen LogP contribution in [-0.2, 0) is 0 Å². The largest absolute Gasteiger partial charge is 0.341 e. The van der Waals surface area contributed by atoms with E-state index in [1.807, 2.05) is 0 Å². The zero-order valence-electron chi connectivity index (χ0n) is 17.0. The molecule has 2 aliphatic rings. The molecule has 3 heterocycles. The van der Waals surface area contributed by atoms with E-state index in [1.54, 1.807) is 0 Å². The summed E-state index contributed by atoms with van der Waals surface area (Å²) in [5.41, 5.74) is 2.38. The number of piperidine rings is 1. The average Bonchev–Trinajstić information content (AvgIpc) is 2.62. The molecule has 3 rings (SSSR count). The lowest BCUT2D eigenvalue weighted by Gasteiger charge is -2.33. The normalized spacial score (nSPS) is 22.0. The third kappa shape index (κ3) is 5.17. The van der Waals surface area contributed by atoms with Crippen molar-refractivity contribution >= 4 is 5.95 Å². The molecule has 2 fully saturated rings. The summed E-state index contributed by atoms with van der Waals surface area (Å²) in [6.45, 7) is 12.5. The van der Waals surface area contributed by atoms with E-state index >= 15 is 0 Å². The van der Waals surface area contributed by atoms with E-state index in [1.165, 1.54) is 70.1 Å². The van der Waals surface area contributed by atoms with Crippen molar-refractivity contribution < 1.29 is 0 Å². The minimum absolute atomic E-state index is 0.314. The van der Waals surface area contributed by atoms with Gasteiger partial charge in [0.15, 0.2) is 0 Å². The molecule has 1 unspecified atom stereocenters. The summed E-state index contributed by atoms with van der Waals surface area (Å²) >= 11 is 0. The van der Waals surface area contributed by atoms with Crippen LogP contribution in [0.1, 0.15) is 76.1 Å². The van der Waals surface area contributed by atoms with E-state index in [-0.39, 0.29) is 0 Å². The quantitative estimate of drug-likeness (QED) is 0.868. The van der Waals surface area contributed by atoms with Gasteiger partial charge in [-0.2, -0.15) is 0 Å². The van der Waals surface area contributed by atoms with Gasteiger partial charge in [-0.1, -0.05) is 26.2 Å². The van der Waals surface area contributed by atoms with E-state index in [4.69, 9.17) is 9.97 Å². The summed E-state index contributed by atoms with van der Waals surface area (Å²) in [4.78, 5) is 14.5. The van der Waals surface area contributed by atoms with Crippen molar-refractivity contribution in [2.24, 2.45) is 0 Å². The number of nitrogens with one attached hydrogen (secondary N) is 1. The SMILES string of the molecule is CCN1CCC(NC(C)c2cnc(N3CCCCCCC3)nc2C)CC1. The fourth-order valence-corrected chi connectivity index (χ4v) is 4.35. The van der Waals surface area contributed by atoms with Gasteiger partial charge in [-0.15, -0.1) is 0 Å². The second-order valence-corrected chi connectivity index (χ2v) is 8.06. The van der Waals surface area contributed by atoms with Crippen LogP contribution in [0.15, 0.2) is 6.20 Å². The number of likely N-dealkylation sites (tertiary alicyclic amines) is 1. The topological polar surface area (TPSA) is 44.3 Å². The first kappa shape index (κ1) is 19.6. The second-order valence-electron chi connectivity index (χ2n) is 8.06. The van der Waals surface area contributed by atoms with Crippen molar-refractivity contribution in [2.45, 2.75) is 77.8 Å². The van der Waals surface area contributed by atoms with Crippen LogP contribution in [0.4, 0.5) is 5.95 Å². The van der Waals surface area contributed by atoms with Crippen LogP contribution in [0.2, 0.25) is 0 Å². The zero-order valence-corrected chi connectivity index (χ0v) is 17.0. The van der Waals surface area contributed by atoms with Crippen molar-refractivity contribution in [1.82, 2.24) is 20.2 Å². The van der Waals surface area contributed by atoms with Gasteiger partial charge in [0, 0.05) is 42.6 Å². The number of nitrogens with zero attached hydrogens (tertiary/aromatic N) is 4. The van der Waals surface area contributed by atoms with E-state index in [0.29, 0.717) is 12.1 Å². The molecule has 146 valence electrons. The highest BCUT2D eigenvalue weighted by Crippen LogP contribution is 2.22. The van der Waals surface area contributed by atoms with Gasteiger partial charge < -0.3 is 15.1 Å². The molecule has 1 aromatic rings. The molecule has 26 heavy (non-hydrogen) atoms. The number of hydrogen-bond acceptors (Lipinski definition) is 5. The van der Waals surface area contributed by atoms with Gasteiger partial charge in [0.25, 0.3) is 0 Å². The highest BCUT2D eigenvalue weighted by molar-refractivity contribution is 5.34. The summed E-state index contributed by atoms with van der Waals surface area (Å²) in [7, 11) is 0. The third-order valence-corrected chi connectivity index (χ3v) is 6.13. The van der Waals surface area contributed by atoms with Gasteiger partial charge in [-0.3, -0.25) is 0 Å². The van der Waals surface area contributed by atoms with Crippen LogP contribution in [0.5, 0.6) is 0 Å². The van der Waals surface area contributed by atoms with E-state index in [0.717, 1.165) is 24.7 Å². The molecule has 0 amide bonds. The van der Waals surface area contributed by atoms with Crippen molar-refractivity contribution in [2.75, 3.05) is 37.6 Å². The van der Waals surface area contributed by atoms with Crippen LogP contribution < -0.4 is 10.2 Å². The van der Waals surface area contributed by atoms with E-state index < -0.39 is 0 Å². The molecule has 5 nitrogen and oxygen atoms in total. The highest BCUT2D eigenvalue weighted by Gasteiger charge is 2.21. The highest BCUT2D eigenvalue weighted by atomic mass is 15.2. The Balaban J connectivity index is 1.59. The van der Waals surface area contributed by atoms with Crippen LogP contribution in [0.25, 0.3) is 0 Å². The van der Waals surface area contributed by atoms with Crippen LogP contribution in [-0.4, -0.2) is 53.6 Å². The molecule has 1 atom stereocenters. The third-order valence-electron chi connectivity index (χ3n) is 6.13. The Morgan fingerprint density at radius 3 is 2.35 bits per heavy atom. The maximum absolute atomic E-state index is 4.88. The lowest BCUT2D eigenvalue weighted by molar-refractivity contribution is 0.200. The van der Waals surface area contributed by atoms with Crippen LogP contribution in [0, 0.1) is 6.92 Å². The van der Waals surface area contributed by atoms with Crippen molar-refractivity contribution in [3.8, 4) is 0 Å². The fourth-order valence-electron chi connectivity index (χ4n) is 4.35. The van der Waals surface area contributed by atoms with Crippen LogP contribution in [0.3, 0.4) is 0 Å². The Kier molecular flexibility index (Phi) is 7.26. The number of rotatable bonds is 5. The lowest BCUT2D eigenvalue weighted by Crippen LogP contribution is -2.43. The molecule has 2 aliphatic heterocycles. The maximum atomic E-state index is 4.88. The minimum atomic E-state index is 0.314. The summed E-state index contributed by atoms with van der Waals surface area (Å²) in [5.74, 6) is 0.927. The smallest absolute Gasteiger partial charge is 0.225 e. The predicted octanol–water partition coefficient (Wildman–Crippen LogP) is 3.69. The summed E-state index contributed by atoms with van der Waals surface area (Å²) in [6, 6.07) is 0.927. The van der Waals surface area contributed by atoms with Crippen molar-refractivity contribution in [3.63, 3.8) is 0 Å². The number of aromatic nitrogens is 2. The Hall–Kier alpha value is -1.20. The number of aryl methyl sites for hydroxylation is 1. The molecule has 0 bridgehead atoms. The first-order chi connectivity index (χ1) is 12.7. The van der Waals surface area contributed by atoms with Gasteiger partial charge >= 0.3 is 0 Å². The van der Waals surface area contributed by atoms with Crippen molar-refractivity contribution in [1.29, 1.82) is 0 Å². The number of hydrogen-bond donors (Lipinski definition) is 1. The molecule has 1 aromatic heterocycles. The summed E-state index contributed by atoms with van der Waals surface area (Å²) < 4.78 is 0. The zero-order chi connectivity index (χ0) is 18.4. The predicted molar refractivity (Wildman–Crippen MR) is 109 cm³/mol. The molecule has 0 aliphatic carbocycles. The Labute approximate surface area is 159 Å². The van der Waals surface area contributed by atoms with Gasteiger partial charge in [0.1, 0.15) is 0 Å². The Morgan fingerprint density at radius 2 is 1.73 bits per heavy atom. The van der Waals surface area contributed by atoms with E-state index in [2.05, 4.69) is 42.1 Å². The van der Waals surface area contributed by atoms with Crippen LogP contribution >= 0.6 is 0 Å². The molecule has 0 spiro atoms. The molecule has 0 aromatic carbocycles. The van der Waals surface area contributed by atoms with Gasteiger partial charge in [-0.25, -0.2) is 9.97 Å². The molecule has 1 N–H and O–H groups in total. The number of anilines is 1. The standard InChI is InChI=1S/C21H37N5/c1-4-25-14-10-19(11-15-25)23-17(2)20-16-22-21(24-18(20)3)26-12-8-6-5-7-9-13-26/h16-17,19,23H,4-15H2,1-3H3. The molecule has 0 radical (unpaired) electrons. The molecule has 5 heteroatoms. The average molecular weight is 360 g/mol. The van der Waals surface area contributed by atoms with Crippen molar-refractivity contribution in [3.05, 3.63) is 17.5 Å². The molecular weight excluding hydrogens is 322 g/mol. The molecule has 0 saturated carbocycles.